The molecule has 1 aromatic rings. The van der Waals surface area contributed by atoms with Crippen molar-refractivity contribution >= 4 is 0 Å². The molecule has 0 spiro atoms. The minimum absolute atomic E-state index is 0.261. The average Bonchev–Trinajstić information content (AvgIpc) is 2.15. The molecule has 1 fully saturated rings. The van der Waals surface area contributed by atoms with Crippen molar-refractivity contribution in [1.29, 1.82) is 0 Å². The van der Waals surface area contributed by atoms with Crippen LogP contribution >= 0.6 is 0 Å². The molecule has 14 heavy (non-hydrogen) atoms. The fourth-order valence-corrected chi connectivity index (χ4v) is 1.74. The lowest BCUT2D eigenvalue weighted by molar-refractivity contribution is -0.0538. The normalized spacial score (nSPS) is 20.3. The summed E-state index contributed by atoms with van der Waals surface area (Å²) in [5, 5.41) is 0. The Kier molecular flexibility index (Phi) is 2.73. The summed E-state index contributed by atoms with van der Waals surface area (Å²) in [6, 6.07) is 6.35. The second kappa shape index (κ2) is 4.01. The highest BCUT2D eigenvalue weighted by molar-refractivity contribution is 5.39. The molecule has 1 unspecified atom stereocenters. The van der Waals surface area contributed by atoms with E-state index in [2.05, 4.69) is 19.1 Å². The van der Waals surface area contributed by atoms with Gasteiger partial charge in [-0.15, -0.1) is 0 Å². The van der Waals surface area contributed by atoms with E-state index in [0.717, 1.165) is 25.2 Å². The topological polar surface area (TPSA) is 18.5 Å². The molecule has 2 nitrogen and oxygen atoms in total. The molecular weight excluding hydrogens is 176 g/mol. The zero-order valence-electron chi connectivity index (χ0n) is 8.75. The molecule has 1 atom stereocenters. The van der Waals surface area contributed by atoms with Crippen molar-refractivity contribution in [3.8, 4) is 5.75 Å². The third-order valence-electron chi connectivity index (χ3n) is 2.75. The van der Waals surface area contributed by atoms with Crippen molar-refractivity contribution in [3.63, 3.8) is 0 Å². The molecule has 76 valence electrons. The number of aryl methyl sites for hydroxylation is 1. The van der Waals surface area contributed by atoms with E-state index in [1.807, 2.05) is 6.07 Å². The Morgan fingerprint density at radius 2 is 2.29 bits per heavy atom. The van der Waals surface area contributed by atoms with E-state index in [9.17, 15) is 0 Å². The Hall–Kier alpha value is -1.02. The third kappa shape index (κ3) is 1.62. The van der Waals surface area contributed by atoms with Gasteiger partial charge in [-0.3, -0.25) is 0 Å². The van der Waals surface area contributed by atoms with Crippen molar-refractivity contribution in [3.05, 3.63) is 29.3 Å². The van der Waals surface area contributed by atoms with Gasteiger partial charge in [-0.1, -0.05) is 13.0 Å². The summed E-state index contributed by atoms with van der Waals surface area (Å²) < 4.78 is 10.8. The second-order valence-corrected chi connectivity index (χ2v) is 3.58. The summed E-state index contributed by atoms with van der Waals surface area (Å²) in [5.74, 6) is 0.951. The molecule has 0 aliphatic carbocycles. The van der Waals surface area contributed by atoms with Crippen LogP contribution in [-0.4, -0.2) is 13.7 Å². The third-order valence-corrected chi connectivity index (χ3v) is 2.75. The van der Waals surface area contributed by atoms with E-state index in [4.69, 9.17) is 9.47 Å². The fraction of sp³-hybridized carbons (Fsp3) is 0.500. The number of methoxy groups -OCH3 is 1. The number of rotatable bonds is 3. The van der Waals surface area contributed by atoms with Crippen LogP contribution in [0.5, 0.6) is 5.75 Å². The van der Waals surface area contributed by atoms with Gasteiger partial charge in [0.15, 0.2) is 0 Å². The van der Waals surface area contributed by atoms with Gasteiger partial charge in [0.05, 0.1) is 19.8 Å². The Balaban J connectivity index is 2.31. The quantitative estimate of drug-likeness (QED) is 0.733. The lowest BCUT2D eigenvalue weighted by Crippen LogP contribution is -2.19. The standard InChI is InChI=1S/C12H16O2/c1-3-9-4-5-11(13-2)10(8-9)12-6-7-14-12/h4-5,8,12H,3,6-7H2,1-2H3. The van der Waals surface area contributed by atoms with Crippen LogP contribution < -0.4 is 4.74 Å². The van der Waals surface area contributed by atoms with Crippen molar-refractivity contribution in [2.24, 2.45) is 0 Å². The zero-order valence-corrected chi connectivity index (χ0v) is 8.75. The molecule has 1 aromatic carbocycles. The number of benzene rings is 1. The summed E-state index contributed by atoms with van der Waals surface area (Å²) in [6.07, 6.45) is 2.43. The molecule has 0 bridgehead atoms. The molecule has 0 saturated carbocycles. The van der Waals surface area contributed by atoms with Gasteiger partial charge in [0, 0.05) is 12.0 Å². The maximum atomic E-state index is 5.48. The molecule has 0 radical (unpaired) electrons. The first-order valence-corrected chi connectivity index (χ1v) is 5.13. The highest BCUT2D eigenvalue weighted by Gasteiger charge is 2.23. The maximum Gasteiger partial charge on any atom is 0.124 e. The van der Waals surface area contributed by atoms with Crippen molar-refractivity contribution in [1.82, 2.24) is 0 Å². The lowest BCUT2D eigenvalue weighted by Gasteiger charge is -2.28. The predicted molar refractivity (Wildman–Crippen MR) is 55.7 cm³/mol. The van der Waals surface area contributed by atoms with Crippen LogP contribution in [0.3, 0.4) is 0 Å². The first-order chi connectivity index (χ1) is 6.85. The molecule has 1 aliphatic rings. The zero-order chi connectivity index (χ0) is 9.97. The van der Waals surface area contributed by atoms with Gasteiger partial charge in [0.25, 0.3) is 0 Å². The van der Waals surface area contributed by atoms with Gasteiger partial charge in [0.1, 0.15) is 5.75 Å². The van der Waals surface area contributed by atoms with Crippen molar-refractivity contribution < 1.29 is 9.47 Å². The highest BCUT2D eigenvalue weighted by atomic mass is 16.5. The van der Waals surface area contributed by atoms with Gasteiger partial charge in [0.2, 0.25) is 0 Å². The Morgan fingerprint density at radius 3 is 2.79 bits per heavy atom. The van der Waals surface area contributed by atoms with E-state index >= 15 is 0 Å². The lowest BCUT2D eigenvalue weighted by atomic mass is 9.99. The minimum Gasteiger partial charge on any atom is -0.496 e. The second-order valence-electron chi connectivity index (χ2n) is 3.58. The van der Waals surface area contributed by atoms with Crippen LogP contribution in [0, 0.1) is 0 Å². The van der Waals surface area contributed by atoms with Crippen LogP contribution in [0.2, 0.25) is 0 Å². The van der Waals surface area contributed by atoms with Gasteiger partial charge < -0.3 is 9.47 Å². The average molecular weight is 192 g/mol. The Bertz CT molecular complexity index is 316. The fourth-order valence-electron chi connectivity index (χ4n) is 1.74. The predicted octanol–water partition coefficient (Wildman–Crippen LogP) is 2.72. The molecule has 0 aromatic heterocycles. The molecule has 2 heteroatoms. The first kappa shape index (κ1) is 9.53. The molecule has 1 heterocycles. The number of hydrogen-bond donors (Lipinski definition) is 0. The molecule has 0 N–H and O–H groups in total. The first-order valence-electron chi connectivity index (χ1n) is 5.13. The monoisotopic (exact) mass is 192 g/mol. The van der Waals surface area contributed by atoms with Gasteiger partial charge in [-0.25, -0.2) is 0 Å². The Morgan fingerprint density at radius 1 is 1.50 bits per heavy atom. The molecule has 1 saturated heterocycles. The molecule has 2 rings (SSSR count). The largest absolute Gasteiger partial charge is 0.496 e. The van der Waals surface area contributed by atoms with Crippen molar-refractivity contribution in [2.75, 3.05) is 13.7 Å². The van der Waals surface area contributed by atoms with Crippen LogP contribution in [0.4, 0.5) is 0 Å². The number of hydrogen-bond acceptors (Lipinski definition) is 2. The molecule has 1 aliphatic heterocycles. The van der Waals surface area contributed by atoms with Crippen LogP contribution in [0.15, 0.2) is 18.2 Å². The van der Waals surface area contributed by atoms with Crippen LogP contribution in [-0.2, 0) is 11.2 Å². The SMILES string of the molecule is CCc1ccc(OC)c(C2CCO2)c1. The minimum atomic E-state index is 0.261. The maximum absolute atomic E-state index is 5.48. The van der Waals surface area contributed by atoms with E-state index in [0.29, 0.717) is 0 Å². The summed E-state index contributed by atoms with van der Waals surface area (Å²) in [5.41, 5.74) is 2.55. The number of ether oxygens (including phenoxy) is 2. The smallest absolute Gasteiger partial charge is 0.124 e. The van der Waals surface area contributed by atoms with Gasteiger partial charge in [-0.2, -0.15) is 0 Å². The summed E-state index contributed by atoms with van der Waals surface area (Å²) in [6.45, 7) is 3.04. The highest BCUT2D eigenvalue weighted by Crippen LogP contribution is 2.35. The summed E-state index contributed by atoms with van der Waals surface area (Å²) >= 11 is 0. The van der Waals surface area contributed by atoms with Gasteiger partial charge in [-0.05, 0) is 24.1 Å². The van der Waals surface area contributed by atoms with E-state index in [1.54, 1.807) is 7.11 Å². The molecular formula is C12H16O2. The van der Waals surface area contributed by atoms with Crippen LogP contribution in [0.25, 0.3) is 0 Å². The van der Waals surface area contributed by atoms with Crippen LogP contribution in [0.1, 0.15) is 30.6 Å². The van der Waals surface area contributed by atoms with E-state index in [1.165, 1.54) is 11.1 Å². The summed E-state index contributed by atoms with van der Waals surface area (Å²) in [7, 11) is 1.71. The molecule has 0 amide bonds. The van der Waals surface area contributed by atoms with E-state index < -0.39 is 0 Å². The van der Waals surface area contributed by atoms with Gasteiger partial charge >= 0.3 is 0 Å². The Labute approximate surface area is 84.8 Å². The van der Waals surface area contributed by atoms with Crippen molar-refractivity contribution in [2.45, 2.75) is 25.9 Å². The summed E-state index contributed by atoms with van der Waals surface area (Å²) in [4.78, 5) is 0. The van der Waals surface area contributed by atoms with E-state index in [-0.39, 0.29) is 6.10 Å².